The smallest absolute Gasteiger partial charge is 0.264 e. The summed E-state index contributed by atoms with van der Waals surface area (Å²) in [4.78, 5) is 21.6. The SMILES string of the molecule is CON(C)S(=O)(=O)c1ccc(C(=O)Nc2ccc(-c3csc(C)n3)cc2)cc1. The van der Waals surface area contributed by atoms with Gasteiger partial charge in [-0.15, -0.1) is 11.3 Å². The van der Waals surface area contributed by atoms with Crippen LogP contribution >= 0.6 is 11.3 Å². The van der Waals surface area contributed by atoms with Crippen molar-refractivity contribution >= 4 is 33.0 Å². The minimum atomic E-state index is -3.75. The normalized spacial score (nSPS) is 11.6. The van der Waals surface area contributed by atoms with Crippen molar-refractivity contribution in [1.82, 2.24) is 9.45 Å². The molecule has 0 saturated heterocycles. The first-order chi connectivity index (χ1) is 13.3. The van der Waals surface area contributed by atoms with Gasteiger partial charge in [0.1, 0.15) is 0 Å². The van der Waals surface area contributed by atoms with Gasteiger partial charge in [-0.2, -0.15) is 0 Å². The number of thiazole rings is 1. The van der Waals surface area contributed by atoms with Crippen LogP contribution in [0.15, 0.2) is 58.8 Å². The predicted molar refractivity (Wildman–Crippen MR) is 109 cm³/mol. The molecule has 0 spiro atoms. The maximum atomic E-state index is 12.4. The van der Waals surface area contributed by atoms with Crippen LogP contribution in [0.25, 0.3) is 11.3 Å². The van der Waals surface area contributed by atoms with E-state index in [2.05, 4.69) is 10.3 Å². The number of hydrogen-bond acceptors (Lipinski definition) is 6. The lowest BCUT2D eigenvalue weighted by atomic mass is 10.1. The lowest BCUT2D eigenvalue weighted by molar-refractivity contribution is -0.0258. The number of amides is 1. The Kier molecular flexibility index (Phi) is 5.90. The molecular formula is C19H19N3O4S2. The molecule has 0 unspecified atom stereocenters. The standard InChI is InChI=1S/C19H19N3O4S2/c1-13-20-18(12-27-13)14-4-8-16(9-5-14)21-19(23)15-6-10-17(11-7-15)28(24,25)22(2)26-3/h4-12H,1-3H3,(H,21,23). The van der Waals surface area contributed by atoms with Gasteiger partial charge in [0.2, 0.25) is 0 Å². The maximum Gasteiger partial charge on any atom is 0.264 e. The number of anilines is 1. The zero-order valence-electron chi connectivity index (χ0n) is 15.5. The number of benzene rings is 2. The molecule has 0 saturated carbocycles. The molecule has 0 fully saturated rings. The molecule has 146 valence electrons. The van der Waals surface area contributed by atoms with Crippen LogP contribution in [0.4, 0.5) is 5.69 Å². The Labute approximate surface area is 167 Å². The van der Waals surface area contributed by atoms with Gasteiger partial charge < -0.3 is 5.32 Å². The van der Waals surface area contributed by atoms with E-state index in [1.165, 1.54) is 38.4 Å². The summed E-state index contributed by atoms with van der Waals surface area (Å²) >= 11 is 1.58. The van der Waals surface area contributed by atoms with Gasteiger partial charge in [0.25, 0.3) is 15.9 Å². The van der Waals surface area contributed by atoms with Crippen molar-refractivity contribution in [2.75, 3.05) is 19.5 Å². The Hall–Kier alpha value is -2.59. The maximum absolute atomic E-state index is 12.4. The van der Waals surface area contributed by atoms with Gasteiger partial charge in [0, 0.05) is 29.2 Å². The molecule has 1 aromatic heterocycles. The van der Waals surface area contributed by atoms with Crippen LogP contribution in [0.3, 0.4) is 0 Å². The van der Waals surface area contributed by atoms with E-state index < -0.39 is 10.0 Å². The first-order valence-corrected chi connectivity index (χ1v) is 10.6. The van der Waals surface area contributed by atoms with E-state index in [1.54, 1.807) is 23.5 Å². The summed E-state index contributed by atoms with van der Waals surface area (Å²) in [5, 5.41) is 5.77. The summed E-state index contributed by atoms with van der Waals surface area (Å²) in [6, 6.07) is 13.0. The topological polar surface area (TPSA) is 88.6 Å². The van der Waals surface area contributed by atoms with E-state index in [-0.39, 0.29) is 10.8 Å². The third-order valence-electron chi connectivity index (χ3n) is 4.07. The molecule has 1 N–H and O–H groups in total. The van der Waals surface area contributed by atoms with E-state index in [0.717, 1.165) is 20.7 Å². The fourth-order valence-corrected chi connectivity index (χ4v) is 4.04. The minimum absolute atomic E-state index is 0.0382. The van der Waals surface area contributed by atoms with E-state index in [0.29, 0.717) is 11.3 Å². The number of carbonyl (C=O) groups is 1. The average molecular weight is 418 g/mol. The molecule has 3 aromatic rings. The van der Waals surface area contributed by atoms with Crippen molar-refractivity contribution in [3.63, 3.8) is 0 Å². The second kappa shape index (κ2) is 8.19. The Morgan fingerprint density at radius 2 is 1.75 bits per heavy atom. The van der Waals surface area contributed by atoms with Gasteiger partial charge in [-0.1, -0.05) is 16.6 Å². The second-order valence-electron chi connectivity index (χ2n) is 5.90. The number of hydrogen-bond donors (Lipinski definition) is 1. The number of nitrogens with zero attached hydrogens (tertiary/aromatic N) is 2. The summed E-state index contributed by atoms with van der Waals surface area (Å²) in [5.41, 5.74) is 2.85. The van der Waals surface area contributed by atoms with Gasteiger partial charge in [-0.05, 0) is 43.3 Å². The highest BCUT2D eigenvalue weighted by molar-refractivity contribution is 7.89. The van der Waals surface area contributed by atoms with Gasteiger partial charge in [0.05, 0.1) is 22.7 Å². The van der Waals surface area contributed by atoms with Crippen molar-refractivity contribution < 1.29 is 18.0 Å². The number of rotatable bonds is 6. The quantitative estimate of drug-likeness (QED) is 0.620. The van der Waals surface area contributed by atoms with Gasteiger partial charge in [0.15, 0.2) is 0 Å². The zero-order valence-corrected chi connectivity index (χ0v) is 17.2. The Morgan fingerprint density at radius 1 is 1.11 bits per heavy atom. The Morgan fingerprint density at radius 3 is 2.29 bits per heavy atom. The van der Waals surface area contributed by atoms with Crippen molar-refractivity contribution in [3.8, 4) is 11.3 Å². The number of aryl methyl sites for hydroxylation is 1. The molecule has 7 nitrogen and oxygen atoms in total. The first-order valence-electron chi connectivity index (χ1n) is 8.28. The average Bonchev–Trinajstić information content (AvgIpc) is 3.14. The molecule has 2 aromatic carbocycles. The van der Waals surface area contributed by atoms with Crippen LogP contribution in [-0.2, 0) is 14.9 Å². The molecule has 1 heterocycles. The van der Waals surface area contributed by atoms with E-state index in [1.807, 2.05) is 24.4 Å². The third-order valence-corrected chi connectivity index (χ3v) is 6.53. The monoisotopic (exact) mass is 417 g/mol. The van der Waals surface area contributed by atoms with Crippen LogP contribution in [0.2, 0.25) is 0 Å². The summed E-state index contributed by atoms with van der Waals surface area (Å²) in [6.45, 7) is 1.95. The molecule has 0 aliphatic rings. The minimum Gasteiger partial charge on any atom is -0.322 e. The molecule has 0 aliphatic heterocycles. The molecule has 3 rings (SSSR count). The van der Waals surface area contributed by atoms with E-state index in [9.17, 15) is 13.2 Å². The van der Waals surface area contributed by atoms with Crippen LogP contribution in [-0.4, -0.2) is 37.9 Å². The molecule has 28 heavy (non-hydrogen) atoms. The van der Waals surface area contributed by atoms with Crippen molar-refractivity contribution in [2.45, 2.75) is 11.8 Å². The number of hydroxylamine groups is 1. The fourth-order valence-electron chi connectivity index (χ4n) is 2.45. The van der Waals surface area contributed by atoms with Gasteiger partial charge >= 0.3 is 0 Å². The van der Waals surface area contributed by atoms with Crippen molar-refractivity contribution in [2.24, 2.45) is 0 Å². The molecule has 9 heteroatoms. The van der Waals surface area contributed by atoms with Crippen molar-refractivity contribution in [1.29, 1.82) is 0 Å². The Balaban J connectivity index is 1.71. The number of aromatic nitrogens is 1. The highest BCUT2D eigenvalue weighted by atomic mass is 32.2. The van der Waals surface area contributed by atoms with Crippen LogP contribution < -0.4 is 5.32 Å². The third kappa shape index (κ3) is 4.28. The zero-order chi connectivity index (χ0) is 20.3. The lowest BCUT2D eigenvalue weighted by Crippen LogP contribution is -2.25. The molecule has 1 amide bonds. The fraction of sp³-hybridized carbons (Fsp3) is 0.158. The highest BCUT2D eigenvalue weighted by Crippen LogP contribution is 2.23. The van der Waals surface area contributed by atoms with E-state index >= 15 is 0 Å². The number of nitrogens with one attached hydrogen (secondary N) is 1. The number of sulfonamides is 1. The molecule has 0 aliphatic carbocycles. The summed E-state index contributed by atoms with van der Waals surface area (Å²) < 4.78 is 25.1. The summed E-state index contributed by atoms with van der Waals surface area (Å²) in [7, 11) is -1.18. The lowest BCUT2D eigenvalue weighted by Gasteiger charge is -2.14. The van der Waals surface area contributed by atoms with Crippen molar-refractivity contribution in [3.05, 3.63) is 64.5 Å². The van der Waals surface area contributed by atoms with Crippen LogP contribution in [0.1, 0.15) is 15.4 Å². The summed E-state index contributed by atoms with van der Waals surface area (Å²) in [6.07, 6.45) is 0. The molecule has 0 radical (unpaired) electrons. The van der Waals surface area contributed by atoms with Crippen LogP contribution in [0.5, 0.6) is 0 Å². The van der Waals surface area contributed by atoms with Crippen LogP contribution in [0, 0.1) is 6.92 Å². The number of carbonyl (C=O) groups excluding carboxylic acids is 1. The molecular weight excluding hydrogens is 398 g/mol. The second-order valence-corrected chi connectivity index (χ2v) is 8.90. The highest BCUT2D eigenvalue weighted by Gasteiger charge is 2.21. The van der Waals surface area contributed by atoms with Gasteiger partial charge in [-0.3, -0.25) is 9.63 Å². The predicted octanol–water partition coefficient (Wildman–Crippen LogP) is 3.55. The first kappa shape index (κ1) is 20.2. The summed E-state index contributed by atoms with van der Waals surface area (Å²) in [5.74, 6) is -0.332. The molecule has 0 bridgehead atoms. The largest absolute Gasteiger partial charge is 0.322 e. The van der Waals surface area contributed by atoms with Gasteiger partial charge in [-0.25, -0.2) is 13.4 Å². The molecule has 0 atom stereocenters. The Bertz CT molecular complexity index is 1080. The van der Waals surface area contributed by atoms with E-state index in [4.69, 9.17) is 4.84 Å².